The van der Waals surface area contributed by atoms with Crippen LogP contribution in [-0.4, -0.2) is 57.2 Å². The Hall–Kier alpha value is -2.41. The standard InChI is InChI=1S/C19H25N5O2/c1-22-11-12-24-17(13-22)20-21-19(24)16-9-5-6-10-23(16)18(25)14-26-15-7-3-2-4-8-15/h2-4,7-8,16H,5-6,9-14H2,1H3/t16-/m0/s1. The first kappa shape index (κ1) is 17.0. The second-order valence-corrected chi connectivity index (χ2v) is 7.06. The molecule has 0 saturated carbocycles. The van der Waals surface area contributed by atoms with E-state index in [1.807, 2.05) is 35.2 Å². The van der Waals surface area contributed by atoms with Gasteiger partial charge in [-0.15, -0.1) is 10.2 Å². The molecule has 26 heavy (non-hydrogen) atoms. The Morgan fingerprint density at radius 1 is 1.15 bits per heavy atom. The number of nitrogens with zero attached hydrogens (tertiary/aromatic N) is 5. The van der Waals surface area contributed by atoms with Crippen molar-refractivity contribution in [1.82, 2.24) is 24.6 Å². The van der Waals surface area contributed by atoms with Gasteiger partial charge in [0.1, 0.15) is 11.6 Å². The summed E-state index contributed by atoms with van der Waals surface area (Å²) in [5.41, 5.74) is 0. The van der Waals surface area contributed by atoms with E-state index >= 15 is 0 Å². The summed E-state index contributed by atoms with van der Waals surface area (Å²) in [7, 11) is 2.09. The van der Waals surface area contributed by atoms with Crippen LogP contribution in [0.1, 0.15) is 37.0 Å². The van der Waals surface area contributed by atoms with Crippen molar-refractivity contribution in [3.05, 3.63) is 42.0 Å². The van der Waals surface area contributed by atoms with Crippen molar-refractivity contribution in [2.45, 2.75) is 38.4 Å². The quantitative estimate of drug-likeness (QED) is 0.838. The molecule has 1 atom stereocenters. The van der Waals surface area contributed by atoms with Crippen LogP contribution >= 0.6 is 0 Å². The van der Waals surface area contributed by atoms with Gasteiger partial charge in [-0.3, -0.25) is 9.69 Å². The van der Waals surface area contributed by atoms with Gasteiger partial charge in [-0.2, -0.15) is 0 Å². The first-order valence-electron chi connectivity index (χ1n) is 9.30. The summed E-state index contributed by atoms with van der Waals surface area (Å²) in [4.78, 5) is 17.0. The van der Waals surface area contributed by atoms with Gasteiger partial charge in [0.15, 0.2) is 12.4 Å². The molecule has 1 aromatic carbocycles. The molecule has 3 heterocycles. The Balaban J connectivity index is 1.49. The Kier molecular flexibility index (Phi) is 4.88. The third-order valence-electron chi connectivity index (χ3n) is 5.20. The number of rotatable bonds is 4. The number of amides is 1. The molecule has 7 nitrogen and oxygen atoms in total. The Morgan fingerprint density at radius 3 is 2.85 bits per heavy atom. The van der Waals surface area contributed by atoms with Crippen LogP contribution in [0.2, 0.25) is 0 Å². The third kappa shape index (κ3) is 3.44. The lowest BCUT2D eigenvalue weighted by Crippen LogP contribution is -2.42. The van der Waals surface area contributed by atoms with Crippen molar-refractivity contribution in [1.29, 1.82) is 0 Å². The number of fused-ring (bicyclic) bond motifs is 1. The molecule has 7 heteroatoms. The van der Waals surface area contributed by atoms with E-state index in [-0.39, 0.29) is 18.6 Å². The average Bonchev–Trinajstić information content (AvgIpc) is 3.09. The Bertz CT molecular complexity index is 761. The number of carbonyl (C=O) groups excluding carboxylic acids is 1. The van der Waals surface area contributed by atoms with E-state index in [0.29, 0.717) is 0 Å². The number of benzene rings is 1. The molecule has 1 aromatic heterocycles. The minimum absolute atomic E-state index is 0.000259. The number of hydrogen-bond acceptors (Lipinski definition) is 5. The van der Waals surface area contributed by atoms with Crippen LogP contribution in [-0.2, 0) is 17.9 Å². The fraction of sp³-hybridized carbons (Fsp3) is 0.526. The van der Waals surface area contributed by atoms with E-state index in [1.165, 1.54) is 0 Å². The lowest BCUT2D eigenvalue weighted by Gasteiger charge is -2.36. The van der Waals surface area contributed by atoms with E-state index in [0.717, 1.165) is 62.8 Å². The minimum atomic E-state index is 0.000259. The minimum Gasteiger partial charge on any atom is -0.484 e. The number of ether oxygens (including phenoxy) is 1. The number of para-hydroxylation sites is 1. The molecule has 2 aromatic rings. The topological polar surface area (TPSA) is 63.5 Å². The van der Waals surface area contributed by atoms with Gasteiger partial charge in [-0.1, -0.05) is 18.2 Å². The molecular formula is C19H25N5O2. The van der Waals surface area contributed by atoms with Gasteiger partial charge in [0, 0.05) is 19.6 Å². The monoisotopic (exact) mass is 355 g/mol. The van der Waals surface area contributed by atoms with Crippen molar-refractivity contribution in [2.24, 2.45) is 0 Å². The highest BCUT2D eigenvalue weighted by molar-refractivity contribution is 5.78. The van der Waals surface area contributed by atoms with Crippen LogP contribution in [0, 0.1) is 0 Å². The molecule has 0 radical (unpaired) electrons. The lowest BCUT2D eigenvalue weighted by atomic mass is 10.0. The molecule has 0 unspecified atom stereocenters. The van der Waals surface area contributed by atoms with Crippen LogP contribution < -0.4 is 4.74 Å². The van der Waals surface area contributed by atoms with E-state index in [9.17, 15) is 4.79 Å². The summed E-state index contributed by atoms with van der Waals surface area (Å²) in [6.45, 7) is 3.49. The second kappa shape index (κ2) is 7.45. The largest absolute Gasteiger partial charge is 0.484 e. The van der Waals surface area contributed by atoms with Crippen molar-refractivity contribution in [3.8, 4) is 5.75 Å². The summed E-state index contributed by atoms with van der Waals surface area (Å²) >= 11 is 0. The normalized spacial score (nSPS) is 20.7. The third-order valence-corrected chi connectivity index (χ3v) is 5.20. The highest BCUT2D eigenvalue weighted by Crippen LogP contribution is 2.31. The van der Waals surface area contributed by atoms with Crippen LogP contribution in [0.3, 0.4) is 0 Å². The number of hydrogen-bond donors (Lipinski definition) is 0. The molecule has 1 amide bonds. The van der Waals surface area contributed by atoms with Crippen molar-refractivity contribution in [2.75, 3.05) is 26.7 Å². The van der Waals surface area contributed by atoms with Gasteiger partial charge >= 0.3 is 0 Å². The smallest absolute Gasteiger partial charge is 0.261 e. The van der Waals surface area contributed by atoms with Gasteiger partial charge in [-0.25, -0.2) is 0 Å². The van der Waals surface area contributed by atoms with E-state index < -0.39 is 0 Å². The number of likely N-dealkylation sites (tertiary alicyclic amines) is 1. The summed E-state index contributed by atoms with van der Waals surface area (Å²) < 4.78 is 7.88. The Labute approximate surface area is 153 Å². The molecule has 1 fully saturated rings. The summed E-state index contributed by atoms with van der Waals surface area (Å²) in [6, 6.07) is 9.48. The lowest BCUT2D eigenvalue weighted by molar-refractivity contribution is -0.137. The molecule has 0 spiro atoms. The first-order valence-corrected chi connectivity index (χ1v) is 9.30. The number of carbonyl (C=O) groups is 1. The van der Waals surface area contributed by atoms with Gasteiger partial charge < -0.3 is 14.2 Å². The molecule has 4 rings (SSSR count). The molecule has 138 valence electrons. The maximum absolute atomic E-state index is 12.8. The van der Waals surface area contributed by atoms with Gasteiger partial charge in [-0.05, 0) is 38.4 Å². The number of likely N-dealkylation sites (N-methyl/N-ethyl adjacent to an activating group) is 1. The highest BCUT2D eigenvalue weighted by Gasteiger charge is 2.33. The highest BCUT2D eigenvalue weighted by atomic mass is 16.5. The predicted molar refractivity (Wildman–Crippen MR) is 96.6 cm³/mol. The van der Waals surface area contributed by atoms with Crippen LogP contribution in [0.15, 0.2) is 30.3 Å². The number of piperidine rings is 1. The van der Waals surface area contributed by atoms with Gasteiger partial charge in [0.05, 0.1) is 12.6 Å². The SMILES string of the molecule is CN1CCn2c(nnc2[C@@H]2CCCCN2C(=O)COc2ccccc2)C1. The Morgan fingerprint density at radius 2 is 2.00 bits per heavy atom. The average molecular weight is 355 g/mol. The fourth-order valence-electron chi connectivity index (χ4n) is 3.79. The van der Waals surface area contributed by atoms with Crippen molar-refractivity contribution in [3.63, 3.8) is 0 Å². The predicted octanol–water partition coefficient (Wildman–Crippen LogP) is 1.86. The zero-order valence-electron chi connectivity index (χ0n) is 15.2. The van der Waals surface area contributed by atoms with Crippen LogP contribution in [0.4, 0.5) is 0 Å². The zero-order valence-corrected chi connectivity index (χ0v) is 15.2. The molecule has 0 aliphatic carbocycles. The van der Waals surface area contributed by atoms with E-state index in [1.54, 1.807) is 0 Å². The van der Waals surface area contributed by atoms with Crippen molar-refractivity contribution >= 4 is 5.91 Å². The second-order valence-electron chi connectivity index (χ2n) is 7.06. The van der Waals surface area contributed by atoms with Gasteiger partial charge in [0.2, 0.25) is 0 Å². The maximum atomic E-state index is 12.8. The maximum Gasteiger partial charge on any atom is 0.261 e. The molecule has 0 N–H and O–H groups in total. The molecule has 2 aliphatic heterocycles. The fourth-order valence-corrected chi connectivity index (χ4v) is 3.79. The van der Waals surface area contributed by atoms with Crippen molar-refractivity contribution < 1.29 is 9.53 Å². The molecule has 0 bridgehead atoms. The van der Waals surface area contributed by atoms with E-state index in [2.05, 4.69) is 26.7 Å². The number of aromatic nitrogens is 3. The first-order chi connectivity index (χ1) is 12.7. The summed E-state index contributed by atoms with van der Waals surface area (Å²) in [5.74, 6) is 2.66. The van der Waals surface area contributed by atoms with E-state index in [4.69, 9.17) is 4.74 Å². The van der Waals surface area contributed by atoms with Gasteiger partial charge in [0.25, 0.3) is 5.91 Å². The summed E-state index contributed by atoms with van der Waals surface area (Å²) in [5, 5.41) is 8.83. The zero-order chi connectivity index (χ0) is 17.9. The van der Waals surface area contributed by atoms with Crippen LogP contribution in [0.25, 0.3) is 0 Å². The summed E-state index contributed by atoms with van der Waals surface area (Å²) in [6.07, 6.45) is 3.07. The van der Waals surface area contributed by atoms with Crippen LogP contribution in [0.5, 0.6) is 5.75 Å². The molecule has 1 saturated heterocycles. The molecule has 2 aliphatic rings. The molecular weight excluding hydrogens is 330 g/mol.